The summed E-state index contributed by atoms with van der Waals surface area (Å²) in [5, 5.41) is 10.4. The molecule has 0 amide bonds. The number of aliphatic imine (C=N–C) groups is 1. The van der Waals surface area contributed by atoms with Crippen molar-refractivity contribution in [3.8, 4) is 0 Å². The molecule has 2 aromatic rings. The third-order valence-corrected chi connectivity index (χ3v) is 5.91. The minimum Gasteiger partial charge on any atom is -0.359 e. The second-order valence-corrected chi connectivity index (χ2v) is 10.0. The minimum atomic E-state index is -3.65. The quantitative estimate of drug-likeness (QED) is 0.257. The Balaban J connectivity index is 0.00000480. The summed E-state index contributed by atoms with van der Waals surface area (Å²) < 4.78 is 33.6. The van der Waals surface area contributed by atoms with Crippen molar-refractivity contribution >= 4 is 40.0 Å². The van der Waals surface area contributed by atoms with Gasteiger partial charge in [-0.3, -0.25) is 0 Å². The molecule has 1 heterocycles. The lowest BCUT2D eigenvalue weighted by atomic mass is 10.1. The first-order valence-electron chi connectivity index (χ1n) is 10.1. The summed E-state index contributed by atoms with van der Waals surface area (Å²) in [7, 11) is -3.65. The smallest absolute Gasteiger partial charge is 0.241 e. The summed E-state index contributed by atoms with van der Waals surface area (Å²) in [6.45, 7) is 12.8. The van der Waals surface area contributed by atoms with Gasteiger partial charge in [0.25, 0.3) is 0 Å². The monoisotopic (exact) mass is 563 g/mol. The van der Waals surface area contributed by atoms with Crippen LogP contribution in [0.15, 0.2) is 44.7 Å². The van der Waals surface area contributed by atoms with Crippen molar-refractivity contribution in [1.29, 1.82) is 0 Å². The van der Waals surface area contributed by atoms with E-state index in [1.165, 1.54) is 0 Å². The van der Waals surface area contributed by atoms with Crippen molar-refractivity contribution in [2.24, 2.45) is 4.99 Å². The summed E-state index contributed by atoms with van der Waals surface area (Å²) >= 11 is 0. The Hall–Kier alpha value is -1.66. The molecule has 10 heteroatoms. The van der Waals surface area contributed by atoms with E-state index < -0.39 is 15.6 Å². The van der Waals surface area contributed by atoms with Gasteiger partial charge in [-0.05, 0) is 45.2 Å². The molecule has 1 aromatic heterocycles. The molecule has 31 heavy (non-hydrogen) atoms. The normalized spacial score (nSPS) is 12.5. The lowest BCUT2D eigenvalue weighted by Gasteiger charge is -2.21. The van der Waals surface area contributed by atoms with E-state index in [9.17, 15) is 8.42 Å². The van der Waals surface area contributed by atoms with Gasteiger partial charge in [0.05, 0.1) is 23.7 Å². The van der Waals surface area contributed by atoms with Crippen LogP contribution in [0.1, 0.15) is 64.5 Å². The molecular weight excluding hydrogens is 529 g/mol. The highest BCUT2D eigenvalue weighted by molar-refractivity contribution is 14.0. The number of nitrogens with one attached hydrogen (secondary N) is 3. The largest absolute Gasteiger partial charge is 0.359 e. The van der Waals surface area contributed by atoms with Crippen LogP contribution in [0.5, 0.6) is 0 Å². The predicted octanol–water partition coefficient (Wildman–Crippen LogP) is 3.75. The van der Waals surface area contributed by atoms with Gasteiger partial charge >= 0.3 is 0 Å². The van der Waals surface area contributed by atoms with Gasteiger partial charge < -0.3 is 15.2 Å². The van der Waals surface area contributed by atoms with Gasteiger partial charge in [0, 0.05) is 18.2 Å². The average Bonchev–Trinajstić information content (AvgIpc) is 3.12. The average molecular weight is 564 g/mol. The van der Waals surface area contributed by atoms with E-state index in [2.05, 4.69) is 39.4 Å². The summed E-state index contributed by atoms with van der Waals surface area (Å²) in [4.78, 5) is 4.78. The van der Waals surface area contributed by atoms with Crippen LogP contribution >= 0.6 is 24.0 Å². The summed E-state index contributed by atoms with van der Waals surface area (Å²) in [5.41, 5.74) is 0.949. The van der Waals surface area contributed by atoms with E-state index >= 15 is 0 Å². The number of hydrogen-bond donors (Lipinski definition) is 3. The van der Waals surface area contributed by atoms with Gasteiger partial charge in [-0.15, -0.1) is 24.0 Å². The standard InChI is InChI=1S/C21H33N5O3S.HI/c1-7-22-20(24-14-17-12-18(15(2)3)25-29-17)23-13-16-10-8-9-11-19(16)30(27,28)26-21(4,5)6;/h8-12,15,26H,7,13-14H2,1-6H3,(H2,22,23,24);1H. The van der Waals surface area contributed by atoms with Gasteiger partial charge in [-0.25, -0.2) is 18.1 Å². The second kappa shape index (κ2) is 11.8. The van der Waals surface area contributed by atoms with Crippen LogP contribution in [0, 0.1) is 0 Å². The number of benzene rings is 1. The molecule has 174 valence electrons. The Kier molecular flexibility index (Phi) is 10.4. The van der Waals surface area contributed by atoms with Crippen molar-refractivity contribution in [3.63, 3.8) is 0 Å². The van der Waals surface area contributed by atoms with Crippen LogP contribution in [0.2, 0.25) is 0 Å². The van der Waals surface area contributed by atoms with E-state index in [-0.39, 0.29) is 35.4 Å². The first-order valence-corrected chi connectivity index (χ1v) is 11.6. The van der Waals surface area contributed by atoms with Crippen LogP contribution in [0.4, 0.5) is 0 Å². The van der Waals surface area contributed by atoms with Crippen LogP contribution in [-0.2, 0) is 23.1 Å². The van der Waals surface area contributed by atoms with Crippen LogP contribution < -0.4 is 15.4 Å². The maximum absolute atomic E-state index is 12.8. The number of nitrogens with zero attached hydrogens (tertiary/aromatic N) is 2. The molecular formula is C21H34IN5O3S. The number of halogens is 1. The van der Waals surface area contributed by atoms with Crippen molar-refractivity contribution in [2.45, 2.75) is 71.0 Å². The van der Waals surface area contributed by atoms with Gasteiger partial charge in [0.2, 0.25) is 10.0 Å². The van der Waals surface area contributed by atoms with E-state index in [0.717, 1.165) is 5.69 Å². The second-order valence-electron chi connectivity index (χ2n) is 8.38. The fourth-order valence-electron chi connectivity index (χ4n) is 2.72. The van der Waals surface area contributed by atoms with Crippen LogP contribution in [0.25, 0.3) is 0 Å². The fourth-order valence-corrected chi connectivity index (χ4v) is 4.37. The first kappa shape index (κ1) is 27.4. The van der Waals surface area contributed by atoms with Gasteiger partial charge in [0.15, 0.2) is 11.7 Å². The zero-order valence-corrected chi connectivity index (χ0v) is 22.2. The first-order chi connectivity index (χ1) is 14.0. The highest BCUT2D eigenvalue weighted by atomic mass is 127. The predicted molar refractivity (Wildman–Crippen MR) is 134 cm³/mol. The summed E-state index contributed by atoms with van der Waals surface area (Å²) in [6.07, 6.45) is 0. The van der Waals surface area contributed by atoms with Crippen LogP contribution in [0.3, 0.4) is 0 Å². The lowest BCUT2D eigenvalue weighted by molar-refractivity contribution is 0.372. The number of aromatic nitrogens is 1. The van der Waals surface area contributed by atoms with E-state index in [4.69, 9.17) is 4.52 Å². The van der Waals surface area contributed by atoms with Gasteiger partial charge in [-0.1, -0.05) is 37.2 Å². The highest BCUT2D eigenvalue weighted by Gasteiger charge is 2.24. The molecule has 0 aliphatic carbocycles. The topological polar surface area (TPSA) is 109 Å². The molecule has 8 nitrogen and oxygen atoms in total. The Morgan fingerprint density at radius 2 is 1.87 bits per heavy atom. The Labute approximate surface area is 202 Å². The Morgan fingerprint density at radius 1 is 1.19 bits per heavy atom. The molecule has 0 radical (unpaired) electrons. The Morgan fingerprint density at radius 3 is 2.45 bits per heavy atom. The molecule has 1 aromatic carbocycles. The zero-order valence-electron chi connectivity index (χ0n) is 19.0. The SMILES string of the molecule is CCNC(=NCc1ccccc1S(=O)(=O)NC(C)(C)C)NCc1cc(C(C)C)no1.I. The molecule has 0 bridgehead atoms. The Bertz CT molecular complexity index is 965. The number of hydrogen-bond acceptors (Lipinski definition) is 5. The molecule has 0 saturated heterocycles. The molecule has 0 aliphatic rings. The fraction of sp³-hybridized carbons (Fsp3) is 0.524. The highest BCUT2D eigenvalue weighted by Crippen LogP contribution is 2.19. The third-order valence-electron chi connectivity index (χ3n) is 4.05. The number of rotatable bonds is 8. The molecule has 0 atom stereocenters. The summed E-state index contributed by atoms with van der Waals surface area (Å²) in [5.74, 6) is 1.57. The van der Waals surface area contributed by atoms with Crippen molar-refractivity contribution < 1.29 is 12.9 Å². The molecule has 2 rings (SSSR count). The molecule has 3 N–H and O–H groups in total. The van der Waals surface area contributed by atoms with Gasteiger partial charge in [0.1, 0.15) is 0 Å². The third kappa shape index (κ3) is 8.77. The maximum atomic E-state index is 12.8. The molecule has 0 unspecified atom stereocenters. The molecule has 0 aliphatic heterocycles. The lowest BCUT2D eigenvalue weighted by Crippen LogP contribution is -2.40. The van der Waals surface area contributed by atoms with E-state index in [0.29, 0.717) is 36.3 Å². The van der Waals surface area contributed by atoms with Crippen molar-refractivity contribution in [3.05, 3.63) is 47.3 Å². The summed E-state index contributed by atoms with van der Waals surface area (Å²) in [6, 6.07) is 8.81. The molecule has 0 saturated carbocycles. The zero-order chi connectivity index (χ0) is 22.4. The maximum Gasteiger partial charge on any atom is 0.241 e. The van der Waals surface area contributed by atoms with E-state index in [1.807, 2.05) is 39.8 Å². The van der Waals surface area contributed by atoms with Crippen LogP contribution in [-0.4, -0.2) is 31.6 Å². The van der Waals surface area contributed by atoms with Crippen molar-refractivity contribution in [2.75, 3.05) is 6.54 Å². The van der Waals surface area contributed by atoms with Gasteiger partial charge in [-0.2, -0.15) is 0 Å². The molecule has 0 fully saturated rings. The number of guanidine groups is 1. The van der Waals surface area contributed by atoms with Crippen molar-refractivity contribution in [1.82, 2.24) is 20.5 Å². The number of sulfonamides is 1. The minimum absolute atomic E-state index is 0. The van der Waals surface area contributed by atoms with E-state index in [1.54, 1.807) is 18.2 Å². The molecule has 0 spiro atoms.